The number of ether oxygens (including phenoxy) is 1. The van der Waals surface area contributed by atoms with E-state index in [1.807, 2.05) is 146 Å². The van der Waals surface area contributed by atoms with Gasteiger partial charge in [0.15, 0.2) is 0 Å². The number of phenolic OH excluding ortho intramolecular Hbond substituents is 2. The maximum absolute atomic E-state index is 15.3. The van der Waals surface area contributed by atoms with Crippen LogP contribution < -0.4 is 35.0 Å². The van der Waals surface area contributed by atoms with E-state index in [1.54, 1.807) is 48.5 Å². The second-order valence-corrected chi connectivity index (χ2v) is 19.6. The molecule has 0 fully saturated rings. The summed E-state index contributed by atoms with van der Waals surface area (Å²) in [6.45, 7) is 0. The molecular weight excluding hydrogens is 803 g/mol. The first-order valence-corrected chi connectivity index (χ1v) is 23.1. The second-order valence-electron chi connectivity index (χ2n) is 14.8. The Bertz CT molecular complexity index is 2790. The van der Waals surface area contributed by atoms with Crippen LogP contribution in [-0.4, -0.2) is 10.2 Å². The smallest absolute Gasteiger partial charge is 0.303 e. The van der Waals surface area contributed by atoms with Crippen LogP contribution in [0.15, 0.2) is 194 Å². The number of anilines is 2. The number of para-hydroxylation sites is 2. The molecule has 4 atom stereocenters. The molecule has 8 aromatic rings. The summed E-state index contributed by atoms with van der Waals surface area (Å²) in [4.78, 5) is 0. The highest BCUT2D eigenvalue weighted by Gasteiger charge is 2.45. The Kier molecular flexibility index (Phi) is 9.64. The summed E-state index contributed by atoms with van der Waals surface area (Å²) in [7, 11) is -7.33. The molecule has 0 radical (unpaired) electrons. The van der Waals surface area contributed by atoms with E-state index in [1.165, 1.54) is 0 Å². The monoisotopic (exact) mass is 840 g/mol. The summed E-state index contributed by atoms with van der Waals surface area (Å²) >= 11 is 0. The number of hydrogen-bond acceptors (Lipinski definition) is 9. The van der Waals surface area contributed by atoms with Gasteiger partial charge >= 0.3 is 14.7 Å². The summed E-state index contributed by atoms with van der Waals surface area (Å²) in [5.74, 6) is 0.853. The van der Waals surface area contributed by atoms with E-state index in [-0.39, 0.29) is 11.5 Å². The van der Waals surface area contributed by atoms with Gasteiger partial charge in [-0.05, 0) is 119 Å². The Balaban J connectivity index is 0.902. The largest absolute Gasteiger partial charge is 0.508 e. The van der Waals surface area contributed by atoms with Gasteiger partial charge in [0.2, 0.25) is 0 Å². The maximum atomic E-state index is 15.3. The molecule has 2 aliphatic rings. The third-order valence-electron chi connectivity index (χ3n) is 11.0. The van der Waals surface area contributed by atoms with Crippen molar-refractivity contribution in [3.8, 4) is 56.8 Å². The molecule has 2 aliphatic heterocycles. The van der Waals surface area contributed by atoms with Gasteiger partial charge in [-0.25, -0.2) is 0 Å². The lowest BCUT2D eigenvalue weighted by atomic mass is 10.0. The van der Waals surface area contributed by atoms with Crippen molar-refractivity contribution >= 4 is 36.7 Å². The van der Waals surface area contributed by atoms with Crippen molar-refractivity contribution in [1.29, 1.82) is 0 Å². The van der Waals surface area contributed by atoms with Gasteiger partial charge in [0.25, 0.3) is 0 Å². The Morgan fingerprint density at radius 1 is 0.410 bits per heavy atom. The van der Waals surface area contributed by atoms with Gasteiger partial charge in [-0.15, -0.1) is 0 Å². The molecule has 0 bridgehead atoms. The van der Waals surface area contributed by atoms with Crippen LogP contribution in [0.1, 0.15) is 22.7 Å². The molecule has 2 heterocycles. The lowest BCUT2D eigenvalue weighted by Crippen LogP contribution is -2.26. The normalized spacial score (nSPS) is 18.0. The minimum atomic E-state index is -3.66. The molecule has 4 N–H and O–H groups in total. The lowest BCUT2D eigenvalue weighted by molar-refractivity contribution is 0.473. The van der Waals surface area contributed by atoms with Crippen molar-refractivity contribution in [2.45, 2.75) is 11.6 Å². The third kappa shape index (κ3) is 7.08. The van der Waals surface area contributed by atoms with Crippen LogP contribution in [-0.2, 0) is 9.13 Å². The molecule has 0 amide bonds. The van der Waals surface area contributed by atoms with Crippen LogP contribution in [0, 0.1) is 0 Å². The van der Waals surface area contributed by atoms with Crippen molar-refractivity contribution < 1.29 is 33.1 Å². The zero-order chi connectivity index (χ0) is 41.6. The second kappa shape index (κ2) is 15.4. The number of nitrogens with one attached hydrogen (secondary N) is 2. The molecular formula is C50H38N2O7P2. The Morgan fingerprint density at radius 2 is 0.754 bits per heavy atom. The fourth-order valence-corrected chi connectivity index (χ4v) is 13.3. The summed E-state index contributed by atoms with van der Waals surface area (Å²) < 4.78 is 49.8. The topological polar surface area (TPSA) is 126 Å². The van der Waals surface area contributed by atoms with Crippen molar-refractivity contribution in [1.82, 2.24) is 0 Å². The van der Waals surface area contributed by atoms with Crippen LogP contribution >= 0.6 is 14.7 Å². The van der Waals surface area contributed by atoms with Crippen LogP contribution in [0.4, 0.5) is 11.4 Å². The highest BCUT2D eigenvalue weighted by molar-refractivity contribution is 7.68. The maximum Gasteiger partial charge on any atom is 0.303 e. The van der Waals surface area contributed by atoms with E-state index in [9.17, 15) is 10.2 Å². The first kappa shape index (κ1) is 38.0. The minimum absolute atomic E-state index is 0.101. The van der Waals surface area contributed by atoms with Crippen LogP contribution in [0.3, 0.4) is 0 Å². The molecule has 0 aromatic heterocycles. The molecule has 0 saturated heterocycles. The van der Waals surface area contributed by atoms with Gasteiger partial charge in [-0.2, -0.15) is 0 Å². The van der Waals surface area contributed by atoms with E-state index in [0.29, 0.717) is 56.1 Å². The predicted molar refractivity (Wildman–Crippen MR) is 241 cm³/mol. The number of hydrogen-bond donors (Lipinski definition) is 4. The predicted octanol–water partition coefficient (Wildman–Crippen LogP) is 12.4. The van der Waals surface area contributed by atoms with Crippen molar-refractivity contribution in [2.75, 3.05) is 10.6 Å². The molecule has 0 aliphatic carbocycles. The Morgan fingerprint density at radius 3 is 1.15 bits per heavy atom. The van der Waals surface area contributed by atoms with Gasteiger partial charge in [0.1, 0.15) is 46.1 Å². The summed E-state index contributed by atoms with van der Waals surface area (Å²) in [5, 5.41) is 28.4. The average Bonchev–Trinajstić information content (AvgIpc) is 3.29. The Labute approximate surface area is 352 Å². The third-order valence-corrected chi connectivity index (χ3v) is 16.2. The molecule has 0 saturated carbocycles. The molecule has 11 heteroatoms. The minimum Gasteiger partial charge on any atom is -0.508 e. The molecule has 0 spiro atoms. The van der Waals surface area contributed by atoms with E-state index >= 15 is 9.13 Å². The van der Waals surface area contributed by atoms with Crippen LogP contribution in [0.2, 0.25) is 0 Å². The Hall–Kier alpha value is -7.18. The van der Waals surface area contributed by atoms with Crippen molar-refractivity contribution in [2.24, 2.45) is 0 Å². The fourth-order valence-electron chi connectivity index (χ4n) is 7.99. The van der Waals surface area contributed by atoms with Gasteiger partial charge in [0.05, 0.1) is 10.6 Å². The molecule has 8 aromatic carbocycles. The first-order valence-electron chi connectivity index (χ1n) is 19.7. The zero-order valence-corrected chi connectivity index (χ0v) is 34.2. The van der Waals surface area contributed by atoms with E-state index in [4.69, 9.17) is 13.8 Å². The molecule has 4 unspecified atom stereocenters. The molecule has 300 valence electrons. The van der Waals surface area contributed by atoms with Gasteiger partial charge in [-0.1, -0.05) is 97.1 Å². The van der Waals surface area contributed by atoms with Crippen molar-refractivity contribution in [3.05, 3.63) is 205 Å². The lowest BCUT2D eigenvalue weighted by Gasteiger charge is -2.35. The number of phenols is 2. The van der Waals surface area contributed by atoms with Gasteiger partial charge < -0.3 is 34.6 Å². The number of aromatic hydroxyl groups is 2. The molecule has 61 heavy (non-hydrogen) atoms. The molecule has 10 rings (SSSR count). The van der Waals surface area contributed by atoms with E-state index in [2.05, 4.69) is 10.6 Å². The first-order chi connectivity index (χ1) is 29.7. The quantitative estimate of drug-likeness (QED) is 0.0996. The van der Waals surface area contributed by atoms with Crippen molar-refractivity contribution in [3.63, 3.8) is 0 Å². The summed E-state index contributed by atoms with van der Waals surface area (Å²) in [5.41, 5.74) is 6.20. The highest BCUT2D eigenvalue weighted by atomic mass is 31.2. The van der Waals surface area contributed by atoms with E-state index in [0.717, 1.165) is 22.3 Å². The highest BCUT2D eigenvalue weighted by Crippen LogP contribution is 2.65. The summed E-state index contributed by atoms with van der Waals surface area (Å²) in [6.07, 6.45) is 0. The SMILES string of the molecule is O=P1(C(Nc2ccc(Oc3ccc(NC(c4ccc(O)cc4)P4(=O)Oc5ccccc5-c5ccccc54)cc3)cc2)c2ccc(O)cc2)Oc2ccccc2-c2ccccc21. The van der Waals surface area contributed by atoms with Crippen LogP contribution in [0.25, 0.3) is 22.3 Å². The van der Waals surface area contributed by atoms with Gasteiger partial charge in [-0.3, -0.25) is 9.13 Å². The zero-order valence-electron chi connectivity index (χ0n) is 32.5. The average molecular weight is 841 g/mol. The van der Waals surface area contributed by atoms with Gasteiger partial charge in [0, 0.05) is 22.5 Å². The number of benzene rings is 8. The number of fused-ring (bicyclic) bond motifs is 6. The standard InChI is InChI=1S/C50H38N2O7P2/c53-37-25-17-33(18-26-37)49(60(55)47-15-7-3-11-43(47)41-9-1-5-13-45(41)58-60)51-35-21-29-39(30-22-35)57-40-31-23-36(24-32-40)52-50(34-19-27-38(54)28-20-34)61(56)48-16-8-4-12-44(48)42-10-2-6-14-46(42)59-61/h1-32,49-54H. The van der Waals surface area contributed by atoms with E-state index < -0.39 is 26.3 Å². The fraction of sp³-hybridized carbons (Fsp3) is 0.0400. The van der Waals surface area contributed by atoms with Crippen LogP contribution in [0.5, 0.6) is 34.5 Å². The number of rotatable bonds is 10. The summed E-state index contributed by atoms with van der Waals surface area (Å²) in [6, 6.07) is 58.5. The molecule has 9 nitrogen and oxygen atoms in total.